The van der Waals surface area contributed by atoms with E-state index in [1.807, 2.05) is 36.4 Å². The summed E-state index contributed by atoms with van der Waals surface area (Å²) in [6.07, 6.45) is 1.78. The van der Waals surface area contributed by atoms with Gasteiger partial charge in [0.1, 0.15) is 5.52 Å². The fourth-order valence-electron chi connectivity index (χ4n) is 3.22. The molecule has 4 rings (SSSR count). The largest absolute Gasteiger partial charge is 0.461 e. The molecule has 0 atom stereocenters. The number of morpholine rings is 1. The molecule has 2 aromatic carbocycles. The molecular weight excluding hydrogens is 356 g/mol. The van der Waals surface area contributed by atoms with Crippen LogP contribution in [0.3, 0.4) is 0 Å². The highest BCUT2D eigenvalue weighted by atomic mass is 16.5. The summed E-state index contributed by atoms with van der Waals surface area (Å²) in [6.45, 7) is 5.33. The van der Waals surface area contributed by atoms with Gasteiger partial charge in [-0.05, 0) is 42.8 Å². The first-order valence-electron chi connectivity index (χ1n) is 9.38. The van der Waals surface area contributed by atoms with Crippen molar-refractivity contribution in [3.8, 4) is 0 Å². The predicted molar refractivity (Wildman–Crippen MR) is 108 cm³/mol. The number of ether oxygens (including phenoxy) is 2. The SMILES string of the molecule is CCOC(=O)/C(=C/c1ccc(N2CCOCC2)cc1)n1nnc2ccccc21. The quantitative estimate of drug-likeness (QED) is 0.502. The van der Waals surface area contributed by atoms with Crippen LogP contribution in [0, 0.1) is 0 Å². The van der Waals surface area contributed by atoms with Gasteiger partial charge in [0.25, 0.3) is 0 Å². The highest BCUT2D eigenvalue weighted by Crippen LogP contribution is 2.21. The van der Waals surface area contributed by atoms with Gasteiger partial charge in [-0.1, -0.05) is 29.5 Å². The molecule has 1 saturated heterocycles. The highest BCUT2D eigenvalue weighted by Gasteiger charge is 2.18. The zero-order valence-corrected chi connectivity index (χ0v) is 15.7. The zero-order valence-electron chi connectivity index (χ0n) is 15.7. The monoisotopic (exact) mass is 378 g/mol. The van der Waals surface area contributed by atoms with E-state index in [1.165, 1.54) is 4.68 Å². The van der Waals surface area contributed by atoms with E-state index in [4.69, 9.17) is 9.47 Å². The van der Waals surface area contributed by atoms with E-state index in [1.54, 1.807) is 13.0 Å². The lowest BCUT2D eigenvalue weighted by molar-refractivity contribution is -0.136. The van der Waals surface area contributed by atoms with E-state index < -0.39 is 5.97 Å². The summed E-state index contributed by atoms with van der Waals surface area (Å²) in [6, 6.07) is 15.6. The first-order valence-corrected chi connectivity index (χ1v) is 9.38. The van der Waals surface area contributed by atoms with Gasteiger partial charge >= 0.3 is 5.97 Å². The van der Waals surface area contributed by atoms with Crippen LogP contribution in [-0.4, -0.2) is 53.9 Å². The second-order valence-electron chi connectivity index (χ2n) is 6.43. The van der Waals surface area contributed by atoms with Crippen molar-refractivity contribution in [1.82, 2.24) is 15.0 Å². The number of carbonyl (C=O) groups excluding carboxylic acids is 1. The van der Waals surface area contributed by atoms with Gasteiger partial charge in [-0.3, -0.25) is 0 Å². The summed E-state index contributed by atoms with van der Waals surface area (Å²) in [7, 11) is 0. The number of esters is 1. The van der Waals surface area contributed by atoms with Crippen LogP contribution in [0.15, 0.2) is 48.5 Å². The Morgan fingerprint density at radius 3 is 2.64 bits per heavy atom. The number of para-hydroxylation sites is 1. The smallest absolute Gasteiger partial charge is 0.357 e. The fourth-order valence-corrected chi connectivity index (χ4v) is 3.22. The van der Waals surface area contributed by atoms with E-state index in [2.05, 4.69) is 27.3 Å². The summed E-state index contributed by atoms with van der Waals surface area (Å²) in [5, 5.41) is 8.31. The Morgan fingerprint density at radius 1 is 1.14 bits per heavy atom. The molecule has 1 aliphatic heterocycles. The Morgan fingerprint density at radius 2 is 1.89 bits per heavy atom. The van der Waals surface area contributed by atoms with Gasteiger partial charge in [-0.15, -0.1) is 5.10 Å². The maximum Gasteiger partial charge on any atom is 0.357 e. The Kier molecular flexibility index (Phi) is 5.34. The summed E-state index contributed by atoms with van der Waals surface area (Å²) < 4.78 is 12.2. The molecule has 7 heteroatoms. The average molecular weight is 378 g/mol. The molecule has 0 aliphatic carbocycles. The lowest BCUT2D eigenvalue weighted by atomic mass is 10.1. The average Bonchev–Trinajstić information content (AvgIpc) is 3.17. The number of rotatable bonds is 5. The molecule has 0 amide bonds. The minimum atomic E-state index is -0.435. The molecule has 28 heavy (non-hydrogen) atoms. The van der Waals surface area contributed by atoms with Crippen molar-refractivity contribution in [3.63, 3.8) is 0 Å². The third kappa shape index (κ3) is 3.75. The van der Waals surface area contributed by atoms with E-state index >= 15 is 0 Å². The van der Waals surface area contributed by atoms with E-state index in [0.29, 0.717) is 12.3 Å². The van der Waals surface area contributed by atoms with E-state index in [9.17, 15) is 4.79 Å². The maximum absolute atomic E-state index is 12.6. The molecule has 0 radical (unpaired) electrons. The van der Waals surface area contributed by atoms with E-state index in [0.717, 1.165) is 48.6 Å². The number of hydrogen-bond donors (Lipinski definition) is 0. The van der Waals surface area contributed by atoms with Crippen LogP contribution >= 0.6 is 0 Å². The fraction of sp³-hybridized carbons (Fsp3) is 0.286. The van der Waals surface area contributed by atoms with Crippen LogP contribution in [0.1, 0.15) is 12.5 Å². The molecule has 2 heterocycles. The molecule has 144 valence electrons. The topological polar surface area (TPSA) is 69.5 Å². The number of benzene rings is 2. The van der Waals surface area contributed by atoms with Crippen LogP contribution in [0.5, 0.6) is 0 Å². The zero-order chi connectivity index (χ0) is 19.3. The molecular formula is C21H22N4O3. The van der Waals surface area contributed by atoms with Crippen molar-refractivity contribution in [2.75, 3.05) is 37.8 Å². The number of aromatic nitrogens is 3. The molecule has 0 saturated carbocycles. The Hall–Kier alpha value is -3.19. The van der Waals surface area contributed by atoms with Gasteiger partial charge in [-0.2, -0.15) is 0 Å². The summed E-state index contributed by atoms with van der Waals surface area (Å²) >= 11 is 0. The lowest BCUT2D eigenvalue weighted by Crippen LogP contribution is -2.36. The highest BCUT2D eigenvalue weighted by molar-refractivity contribution is 6.16. The van der Waals surface area contributed by atoms with Crippen LogP contribution in [0.4, 0.5) is 5.69 Å². The van der Waals surface area contributed by atoms with Crippen molar-refractivity contribution < 1.29 is 14.3 Å². The van der Waals surface area contributed by atoms with Crippen LogP contribution < -0.4 is 4.90 Å². The number of anilines is 1. The molecule has 0 spiro atoms. The van der Waals surface area contributed by atoms with Crippen molar-refractivity contribution in [2.24, 2.45) is 0 Å². The molecule has 0 N–H and O–H groups in total. The van der Waals surface area contributed by atoms with Gasteiger partial charge in [0.05, 0.1) is 25.3 Å². The predicted octanol–water partition coefficient (Wildman–Crippen LogP) is 2.83. The Bertz CT molecular complexity index is 988. The number of fused-ring (bicyclic) bond motifs is 1. The minimum Gasteiger partial charge on any atom is -0.461 e. The second kappa shape index (κ2) is 8.22. The van der Waals surface area contributed by atoms with Crippen molar-refractivity contribution in [2.45, 2.75) is 6.92 Å². The maximum atomic E-state index is 12.6. The van der Waals surface area contributed by atoms with Crippen LogP contribution in [-0.2, 0) is 14.3 Å². The number of nitrogens with zero attached hydrogens (tertiary/aromatic N) is 4. The van der Waals surface area contributed by atoms with Gasteiger partial charge in [-0.25, -0.2) is 9.48 Å². The van der Waals surface area contributed by atoms with Crippen molar-refractivity contribution >= 4 is 34.5 Å². The van der Waals surface area contributed by atoms with E-state index in [-0.39, 0.29) is 0 Å². The standard InChI is InChI=1S/C21H22N4O3/c1-2-28-21(26)20(25-19-6-4-3-5-18(19)22-23-25)15-16-7-9-17(10-8-16)24-11-13-27-14-12-24/h3-10,15H,2,11-14H2,1H3/b20-15-. The Labute approximate surface area is 163 Å². The molecule has 0 bridgehead atoms. The summed E-state index contributed by atoms with van der Waals surface area (Å²) in [5.41, 5.74) is 3.84. The van der Waals surface area contributed by atoms with Gasteiger partial charge in [0, 0.05) is 18.8 Å². The summed E-state index contributed by atoms with van der Waals surface area (Å²) in [5.74, 6) is -0.435. The minimum absolute atomic E-state index is 0.290. The molecule has 7 nitrogen and oxygen atoms in total. The third-order valence-corrected chi connectivity index (χ3v) is 4.64. The summed E-state index contributed by atoms with van der Waals surface area (Å²) in [4.78, 5) is 14.9. The lowest BCUT2D eigenvalue weighted by Gasteiger charge is -2.28. The Balaban J connectivity index is 1.68. The molecule has 1 aliphatic rings. The van der Waals surface area contributed by atoms with Crippen molar-refractivity contribution in [3.05, 3.63) is 54.1 Å². The van der Waals surface area contributed by atoms with Gasteiger partial charge in [0.15, 0.2) is 5.70 Å². The normalized spacial score (nSPS) is 15.0. The van der Waals surface area contributed by atoms with Crippen molar-refractivity contribution in [1.29, 1.82) is 0 Å². The third-order valence-electron chi connectivity index (χ3n) is 4.64. The second-order valence-corrected chi connectivity index (χ2v) is 6.43. The van der Waals surface area contributed by atoms with Gasteiger partial charge < -0.3 is 14.4 Å². The number of carbonyl (C=O) groups is 1. The number of hydrogen-bond acceptors (Lipinski definition) is 6. The first-order chi connectivity index (χ1) is 13.8. The van der Waals surface area contributed by atoms with Crippen LogP contribution in [0.2, 0.25) is 0 Å². The van der Waals surface area contributed by atoms with Crippen LogP contribution in [0.25, 0.3) is 22.8 Å². The molecule has 0 unspecified atom stereocenters. The van der Waals surface area contributed by atoms with Gasteiger partial charge in [0.2, 0.25) is 0 Å². The molecule has 1 fully saturated rings. The molecule has 1 aromatic heterocycles. The molecule has 3 aromatic rings. The first kappa shape index (κ1) is 18.2.